The van der Waals surface area contributed by atoms with E-state index in [-0.39, 0.29) is 38.8 Å². The number of hydrogen-bond acceptors (Lipinski definition) is 3. The van der Waals surface area contributed by atoms with Crippen molar-refractivity contribution in [1.82, 2.24) is 9.80 Å². The van der Waals surface area contributed by atoms with Crippen LogP contribution in [0.2, 0.25) is 20.1 Å². The summed E-state index contributed by atoms with van der Waals surface area (Å²) in [5.41, 5.74) is -0.806. The van der Waals surface area contributed by atoms with E-state index in [9.17, 15) is 18.4 Å². The number of carbonyl (C=O) groups excluding carboxylic acids is 2. The summed E-state index contributed by atoms with van der Waals surface area (Å²) in [5, 5.41) is 0.953. The Kier molecular flexibility index (Phi) is 9.82. The van der Waals surface area contributed by atoms with Crippen LogP contribution in [0.25, 0.3) is 0 Å². The van der Waals surface area contributed by atoms with Gasteiger partial charge in [-0.2, -0.15) is 0 Å². The molecular formula is C24H24Cl4F2N2O3. The number of likely N-dealkylation sites (N-methyl/N-ethyl adjacent to an activating group) is 2. The number of hydrogen-bond donors (Lipinski definition) is 0. The molecule has 0 fully saturated rings. The van der Waals surface area contributed by atoms with E-state index in [2.05, 4.69) is 6.58 Å². The summed E-state index contributed by atoms with van der Waals surface area (Å²) in [6, 6.07) is 9.03. The Hall–Kier alpha value is -2.06. The van der Waals surface area contributed by atoms with Gasteiger partial charge in [-0.05, 0) is 43.2 Å². The van der Waals surface area contributed by atoms with Crippen LogP contribution < -0.4 is 4.74 Å². The Labute approximate surface area is 223 Å². The largest absolute Gasteiger partial charge is 0.415 e. The first-order chi connectivity index (χ1) is 16.2. The van der Waals surface area contributed by atoms with Crippen molar-refractivity contribution >= 4 is 58.4 Å². The first-order valence-corrected chi connectivity index (χ1v) is 11.8. The van der Waals surface area contributed by atoms with Gasteiger partial charge >= 0.3 is 6.09 Å². The summed E-state index contributed by atoms with van der Waals surface area (Å²) >= 11 is 24.3. The van der Waals surface area contributed by atoms with Crippen LogP contribution in [-0.4, -0.2) is 48.4 Å². The van der Waals surface area contributed by atoms with Crippen LogP contribution in [0.1, 0.15) is 25.3 Å². The monoisotopic (exact) mass is 566 g/mol. The summed E-state index contributed by atoms with van der Waals surface area (Å²) in [6.07, 6.45) is -0.138. The standard InChI is InChI=1S/C24H24Cl4F2N2O3/c1-5-10-24(15-6-8-17(25)19(27)11-15,14-31(3)21(33)13-23(2,29)30)32(4)22(34)35-16-7-9-18(26)20(28)12-16/h5-9,11-12H,1,10,13-14H2,2-4H3/t24-/m1/s1. The maximum atomic E-state index is 13.5. The molecule has 2 aromatic rings. The average molecular weight is 568 g/mol. The van der Waals surface area contributed by atoms with Gasteiger partial charge in [0, 0.05) is 26.7 Å². The maximum absolute atomic E-state index is 13.5. The molecule has 0 unspecified atom stereocenters. The van der Waals surface area contributed by atoms with Crippen molar-refractivity contribution in [3.63, 3.8) is 0 Å². The molecule has 2 aromatic carbocycles. The quantitative estimate of drug-likeness (QED) is 0.292. The van der Waals surface area contributed by atoms with E-state index in [4.69, 9.17) is 51.1 Å². The van der Waals surface area contributed by atoms with Crippen LogP contribution in [-0.2, 0) is 10.3 Å². The number of nitrogens with zero attached hydrogens (tertiary/aromatic N) is 2. The van der Waals surface area contributed by atoms with Crippen LogP contribution in [0.15, 0.2) is 49.1 Å². The van der Waals surface area contributed by atoms with Crippen molar-refractivity contribution in [2.24, 2.45) is 0 Å². The second-order valence-corrected chi connectivity index (χ2v) is 9.78. The molecule has 0 radical (unpaired) electrons. The number of carbonyl (C=O) groups is 2. The van der Waals surface area contributed by atoms with E-state index in [0.717, 1.165) is 4.90 Å². The number of rotatable bonds is 9. The molecule has 0 bridgehead atoms. The van der Waals surface area contributed by atoms with Crippen LogP contribution in [0.5, 0.6) is 5.75 Å². The molecule has 0 aromatic heterocycles. The third-order valence-corrected chi connectivity index (χ3v) is 6.82. The van der Waals surface area contributed by atoms with Crippen molar-refractivity contribution in [2.45, 2.75) is 31.2 Å². The van der Waals surface area contributed by atoms with Gasteiger partial charge in [-0.25, -0.2) is 13.6 Å². The zero-order chi connectivity index (χ0) is 26.6. The third-order valence-electron chi connectivity index (χ3n) is 5.34. The molecule has 1 atom stereocenters. The first kappa shape index (κ1) is 29.2. The van der Waals surface area contributed by atoms with Gasteiger partial charge in [0.25, 0.3) is 5.92 Å². The van der Waals surface area contributed by atoms with Gasteiger partial charge in [0.1, 0.15) is 5.75 Å². The lowest BCUT2D eigenvalue weighted by atomic mass is 9.84. The lowest BCUT2D eigenvalue weighted by Crippen LogP contribution is -2.55. The Morgan fingerprint density at radius 2 is 1.57 bits per heavy atom. The molecule has 0 spiro atoms. The molecule has 35 heavy (non-hydrogen) atoms. The van der Waals surface area contributed by atoms with Crippen molar-refractivity contribution in [2.75, 3.05) is 20.6 Å². The molecular weight excluding hydrogens is 544 g/mol. The molecule has 0 aliphatic heterocycles. The molecule has 0 saturated carbocycles. The fourth-order valence-corrected chi connectivity index (χ4v) is 4.09. The maximum Gasteiger partial charge on any atom is 0.415 e. The lowest BCUT2D eigenvalue weighted by Gasteiger charge is -2.43. The number of ether oxygens (including phenoxy) is 1. The third kappa shape index (κ3) is 7.46. The molecule has 2 rings (SSSR count). The van der Waals surface area contributed by atoms with Gasteiger partial charge in [-0.3, -0.25) is 9.69 Å². The highest BCUT2D eigenvalue weighted by molar-refractivity contribution is 6.42. The second kappa shape index (κ2) is 11.8. The van der Waals surface area contributed by atoms with E-state index in [0.29, 0.717) is 12.5 Å². The smallest absolute Gasteiger partial charge is 0.410 e. The van der Waals surface area contributed by atoms with E-state index < -0.39 is 29.9 Å². The molecule has 0 aliphatic carbocycles. The summed E-state index contributed by atoms with van der Waals surface area (Å²) < 4.78 is 32.5. The predicted octanol–water partition coefficient (Wildman–Crippen LogP) is 7.71. The summed E-state index contributed by atoms with van der Waals surface area (Å²) in [5.74, 6) is -3.88. The Bertz CT molecular complexity index is 1110. The minimum atomic E-state index is -3.20. The molecule has 11 heteroatoms. The molecule has 0 N–H and O–H groups in total. The number of alkyl halides is 2. The normalized spacial score (nSPS) is 13.1. The number of benzene rings is 2. The Morgan fingerprint density at radius 3 is 2.09 bits per heavy atom. The minimum Gasteiger partial charge on any atom is -0.410 e. The highest BCUT2D eigenvalue weighted by atomic mass is 35.5. The van der Waals surface area contributed by atoms with Crippen LogP contribution in [0.4, 0.5) is 13.6 Å². The van der Waals surface area contributed by atoms with Crippen LogP contribution >= 0.6 is 46.4 Å². The van der Waals surface area contributed by atoms with Crippen molar-refractivity contribution < 1.29 is 23.1 Å². The van der Waals surface area contributed by atoms with E-state index >= 15 is 0 Å². The van der Waals surface area contributed by atoms with Gasteiger partial charge in [0.05, 0.1) is 32.1 Å². The van der Waals surface area contributed by atoms with Crippen molar-refractivity contribution in [3.05, 3.63) is 74.7 Å². The van der Waals surface area contributed by atoms with Crippen molar-refractivity contribution in [1.29, 1.82) is 0 Å². The second-order valence-electron chi connectivity index (χ2n) is 8.15. The van der Waals surface area contributed by atoms with E-state index in [1.165, 1.54) is 49.3 Å². The van der Waals surface area contributed by atoms with Gasteiger partial charge in [0.15, 0.2) is 0 Å². The first-order valence-electron chi connectivity index (χ1n) is 10.3. The minimum absolute atomic E-state index is 0.123. The average Bonchev–Trinajstić information content (AvgIpc) is 2.76. The summed E-state index contributed by atoms with van der Waals surface area (Å²) in [7, 11) is 2.83. The van der Waals surface area contributed by atoms with Crippen molar-refractivity contribution in [3.8, 4) is 5.75 Å². The summed E-state index contributed by atoms with van der Waals surface area (Å²) in [4.78, 5) is 28.2. The molecule has 0 saturated heterocycles. The highest BCUT2D eigenvalue weighted by Crippen LogP contribution is 2.37. The SMILES string of the molecule is C=CC[C@@](CN(C)C(=O)CC(C)(F)F)(c1ccc(Cl)c(Cl)c1)N(C)C(=O)Oc1ccc(Cl)c(Cl)c1. The fourth-order valence-electron chi connectivity index (χ4n) is 3.50. The van der Waals surface area contributed by atoms with Gasteiger partial charge < -0.3 is 9.64 Å². The number of halogens is 6. The van der Waals surface area contributed by atoms with Gasteiger partial charge in [-0.1, -0.05) is 58.5 Å². The Balaban J connectivity index is 2.53. The molecule has 5 nitrogen and oxygen atoms in total. The molecule has 0 aliphatic rings. The Morgan fingerprint density at radius 1 is 1.00 bits per heavy atom. The zero-order valence-corrected chi connectivity index (χ0v) is 22.3. The van der Waals surface area contributed by atoms with Crippen LogP contribution in [0.3, 0.4) is 0 Å². The van der Waals surface area contributed by atoms with E-state index in [1.54, 1.807) is 12.1 Å². The molecule has 2 amide bonds. The highest BCUT2D eigenvalue weighted by Gasteiger charge is 2.42. The topological polar surface area (TPSA) is 49.9 Å². The zero-order valence-electron chi connectivity index (χ0n) is 19.3. The van der Waals surface area contributed by atoms with Crippen LogP contribution in [0, 0.1) is 0 Å². The molecule has 0 heterocycles. The fraction of sp³-hybridized carbons (Fsp3) is 0.333. The van der Waals surface area contributed by atoms with Gasteiger partial charge in [0.2, 0.25) is 5.91 Å². The lowest BCUT2D eigenvalue weighted by molar-refractivity contribution is -0.138. The summed E-state index contributed by atoms with van der Waals surface area (Å²) in [6.45, 7) is 4.27. The number of amides is 2. The molecule has 190 valence electrons. The van der Waals surface area contributed by atoms with E-state index in [1.807, 2.05) is 0 Å². The predicted molar refractivity (Wildman–Crippen MR) is 136 cm³/mol. The van der Waals surface area contributed by atoms with Gasteiger partial charge in [-0.15, -0.1) is 6.58 Å².